The molecule has 0 saturated carbocycles. The minimum absolute atomic E-state index is 0.186. The summed E-state index contributed by atoms with van der Waals surface area (Å²) < 4.78 is 11.5. The zero-order valence-corrected chi connectivity index (χ0v) is 15.2. The van der Waals surface area contributed by atoms with Crippen LogP contribution in [0, 0.1) is 0 Å². The van der Waals surface area contributed by atoms with E-state index in [0.29, 0.717) is 18.9 Å². The maximum atomic E-state index is 12.5. The van der Waals surface area contributed by atoms with E-state index in [9.17, 15) is 4.79 Å². The van der Waals surface area contributed by atoms with Crippen LogP contribution in [0.4, 0.5) is 11.4 Å². The van der Waals surface area contributed by atoms with E-state index >= 15 is 0 Å². The zero-order chi connectivity index (χ0) is 17.4. The highest BCUT2D eigenvalue weighted by atomic mass is 32.1. The fraction of sp³-hybridized carbons (Fsp3) is 0.444. The fourth-order valence-electron chi connectivity index (χ4n) is 3.32. The lowest BCUT2D eigenvalue weighted by Crippen LogP contribution is -2.36. The van der Waals surface area contributed by atoms with Gasteiger partial charge < -0.3 is 19.7 Å². The number of anilines is 2. The predicted octanol–water partition coefficient (Wildman–Crippen LogP) is 2.95. The molecule has 0 unspecified atom stereocenters. The summed E-state index contributed by atoms with van der Waals surface area (Å²) in [4.78, 5) is 18.8. The number of morpholine rings is 1. The minimum atomic E-state index is -0.220. The number of benzene rings is 1. The first-order valence-electron chi connectivity index (χ1n) is 8.40. The Morgan fingerprint density at radius 1 is 1.32 bits per heavy atom. The van der Waals surface area contributed by atoms with E-state index < -0.39 is 0 Å². The number of hydrogen-bond donors (Lipinski definition) is 1. The highest BCUT2D eigenvalue weighted by Gasteiger charge is 2.32. The lowest BCUT2D eigenvalue weighted by molar-refractivity contribution is 0.102. The van der Waals surface area contributed by atoms with Crippen LogP contribution in [0.5, 0.6) is 5.75 Å². The highest BCUT2D eigenvalue weighted by molar-refractivity contribution is 7.07. The van der Waals surface area contributed by atoms with Crippen molar-refractivity contribution in [2.24, 2.45) is 0 Å². The topological polar surface area (TPSA) is 63.7 Å². The van der Waals surface area contributed by atoms with Crippen LogP contribution in [-0.4, -0.2) is 42.8 Å². The molecule has 0 bridgehead atoms. The molecule has 1 amide bonds. The molecule has 1 aromatic carbocycles. The first-order chi connectivity index (χ1) is 12.0. The molecule has 4 rings (SSSR count). The third-order valence-electron chi connectivity index (χ3n) is 4.45. The molecule has 1 saturated heterocycles. The summed E-state index contributed by atoms with van der Waals surface area (Å²) in [5.74, 6) is 0.715. The molecule has 1 fully saturated rings. The number of hydrogen-bond acceptors (Lipinski definition) is 6. The number of nitrogens with one attached hydrogen (secondary N) is 1. The number of carbonyl (C=O) groups excluding carboxylic acids is 1. The molecule has 25 heavy (non-hydrogen) atoms. The third kappa shape index (κ3) is 3.34. The molecule has 7 heteroatoms. The second-order valence-corrected chi connectivity index (χ2v) is 7.66. The molecule has 132 valence electrons. The molecular weight excluding hydrogens is 338 g/mol. The van der Waals surface area contributed by atoms with Crippen molar-refractivity contribution < 1.29 is 14.3 Å². The monoisotopic (exact) mass is 359 g/mol. The molecule has 1 aromatic heterocycles. The van der Waals surface area contributed by atoms with E-state index in [4.69, 9.17) is 9.47 Å². The minimum Gasteiger partial charge on any atom is -0.487 e. The van der Waals surface area contributed by atoms with Crippen LogP contribution in [0.25, 0.3) is 0 Å². The standard InChI is InChI=1S/C18H21N3O3S/c1-18(2)9-12-7-13(20-17(22)14-10-25-11-19-14)15(8-16(12)24-18)21-3-5-23-6-4-21/h7-8,10-11H,3-6,9H2,1-2H3,(H,20,22). The predicted molar refractivity (Wildman–Crippen MR) is 98.0 cm³/mol. The number of carbonyl (C=O) groups is 1. The third-order valence-corrected chi connectivity index (χ3v) is 5.03. The number of thiazole rings is 1. The smallest absolute Gasteiger partial charge is 0.275 e. The normalized spacial score (nSPS) is 18.6. The Bertz CT molecular complexity index is 783. The number of fused-ring (bicyclic) bond motifs is 1. The Hall–Kier alpha value is -2.12. The quantitative estimate of drug-likeness (QED) is 0.913. The van der Waals surface area contributed by atoms with Gasteiger partial charge in [-0.2, -0.15) is 0 Å². The summed E-state index contributed by atoms with van der Waals surface area (Å²) in [7, 11) is 0. The van der Waals surface area contributed by atoms with E-state index in [1.165, 1.54) is 11.3 Å². The number of rotatable bonds is 3. The molecule has 0 radical (unpaired) electrons. The molecule has 0 atom stereocenters. The van der Waals surface area contributed by atoms with Gasteiger partial charge in [0.2, 0.25) is 0 Å². The average molecular weight is 359 g/mol. The number of amides is 1. The van der Waals surface area contributed by atoms with Gasteiger partial charge in [-0.05, 0) is 19.9 Å². The van der Waals surface area contributed by atoms with Crippen molar-refractivity contribution in [3.8, 4) is 5.75 Å². The molecule has 2 aliphatic heterocycles. The van der Waals surface area contributed by atoms with E-state index in [1.807, 2.05) is 12.1 Å². The molecule has 0 spiro atoms. The van der Waals surface area contributed by atoms with Crippen LogP contribution in [0.2, 0.25) is 0 Å². The van der Waals surface area contributed by atoms with Gasteiger partial charge in [-0.3, -0.25) is 4.79 Å². The van der Waals surface area contributed by atoms with Crippen molar-refractivity contribution >= 4 is 28.6 Å². The van der Waals surface area contributed by atoms with Crippen molar-refractivity contribution in [1.29, 1.82) is 0 Å². The van der Waals surface area contributed by atoms with Crippen molar-refractivity contribution in [2.45, 2.75) is 25.9 Å². The maximum Gasteiger partial charge on any atom is 0.275 e. The van der Waals surface area contributed by atoms with Gasteiger partial charge in [0.15, 0.2) is 0 Å². The Morgan fingerprint density at radius 3 is 2.84 bits per heavy atom. The van der Waals surface area contributed by atoms with Gasteiger partial charge in [0.25, 0.3) is 5.91 Å². The maximum absolute atomic E-state index is 12.5. The van der Waals surface area contributed by atoms with E-state index in [-0.39, 0.29) is 11.5 Å². The van der Waals surface area contributed by atoms with Crippen molar-refractivity contribution in [2.75, 3.05) is 36.5 Å². The van der Waals surface area contributed by atoms with Gasteiger partial charge in [-0.1, -0.05) is 0 Å². The summed E-state index contributed by atoms with van der Waals surface area (Å²) in [5, 5.41) is 4.79. The lowest BCUT2D eigenvalue weighted by atomic mass is 10.0. The number of nitrogens with zero attached hydrogens (tertiary/aromatic N) is 2. The fourth-order valence-corrected chi connectivity index (χ4v) is 3.85. The van der Waals surface area contributed by atoms with Gasteiger partial charge in [0, 0.05) is 36.5 Å². The summed E-state index contributed by atoms with van der Waals surface area (Å²) in [6, 6.07) is 4.09. The molecule has 6 nitrogen and oxygen atoms in total. The lowest BCUT2D eigenvalue weighted by Gasteiger charge is -2.31. The summed E-state index contributed by atoms with van der Waals surface area (Å²) in [6.07, 6.45) is 0.825. The summed E-state index contributed by atoms with van der Waals surface area (Å²) >= 11 is 1.41. The SMILES string of the molecule is CC1(C)Cc2cc(NC(=O)c3cscn3)c(N3CCOCC3)cc2O1. The Kier molecular flexibility index (Phi) is 4.13. The first-order valence-corrected chi connectivity index (χ1v) is 9.34. The highest BCUT2D eigenvalue weighted by Crippen LogP contribution is 2.41. The van der Waals surface area contributed by atoms with Crippen molar-refractivity contribution in [3.63, 3.8) is 0 Å². The zero-order valence-electron chi connectivity index (χ0n) is 14.4. The van der Waals surface area contributed by atoms with Gasteiger partial charge in [0.1, 0.15) is 17.0 Å². The van der Waals surface area contributed by atoms with E-state index in [0.717, 1.165) is 42.2 Å². The van der Waals surface area contributed by atoms with Gasteiger partial charge in [-0.25, -0.2) is 4.98 Å². The van der Waals surface area contributed by atoms with Crippen LogP contribution in [0.1, 0.15) is 29.9 Å². The van der Waals surface area contributed by atoms with Gasteiger partial charge in [0.05, 0.1) is 30.1 Å². The average Bonchev–Trinajstić information content (AvgIpc) is 3.21. The van der Waals surface area contributed by atoms with Crippen molar-refractivity contribution in [3.05, 3.63) is 34.3 Å². The van der Waals surface area contributed by atoms with Crippen LogP contribution in [0.15, 0.2) is 23.0 Å². The van der Waals surface area contributed by atoms with E-state index in [2.05, 4.69) is 29.0 Å². The van der Waals surface area contributed by atoms with Gasteiger partial charge in [-0.15, -0.1) is 11.3 Å². The molecule has 1 N–H and O–H groups in total. The molecule has 0 aliphatic carbocycles. The van der Waals surface area contributed by atoms with Crippen LogP contribution >= 0.6 is 11.3 Å². The second-order valence-electron chi connectivity index (χ2n) is 6.94. The van der Waals surface area contributed by atoms with Gasteiger partial charge >= 0.3 is 0 Å². The second kappa shape index (κ2) is 6.31. The molecule has 2 aliphatic rings. The Morgan fingerprint density at radius 2 is 2.12 bits per heavy atom. The number of ether oxygens (including phenoxy) is 2. The summed E-state index contributed by atoms with van der Waals surface area (Å²) in [5.41, 5.74) is 4.79. The largest absolute Gasteiger partial charge is 0.487 e. The summed E-state index contributed by atoms with van der Waals surface area (Å²) in [6.45, 7) is 7.11. The van der Waals surface area contributed by atoms with E-state index in [1.54, 1.807) is 10.9 Å². The first kappa shape index (κ1) is 16.4. The number of aromatic nitrogens is 1. The van der Waals surface area contributed by atoms with Crippen LogP contribution in [0.3, 0.4) is 0 Å². The molecular formula is C18H21N3O3S. The Labute approximate surface area is 150 Å². The molecule has 2 aromatic rings. The Balaban J connectivity index is 1.69. The van der Waals surface area contributed by atoms with Crippen molar-refractivity contribution in [1.82, 2.24) is 4.98 Å². The molecule has 3 heterocycles. The van der Waals surface area contributed by atoms with Crippen LogP contribution in [-0.2, 0) is 11.2 Å². The van der Waals surface area contributed by atoms with Crippen LogP contribution < -0.4 is 15.0 Å².